The van der Waals surface area contributed by atoms with Crippen molar-refractivity contribution >= 4 is 10.0 Å². The summed E-state index contributed by atoms with van der Waals surface area (Å²) in [5.41, 5.74) is 1.10. The van der Waals surface area contributed by atoms with E-state index in [0.717, 1.165) is 18.0 Å². The highest BCUT2D eigenvalue weighted by atomic mass is 32.2. The van der Waals surface area contributed by atoms with Crippen LogP contribution in [0.2, 0.25) is 0 Å². The molecule has 118 valence electrons. The van der Waals surface area contributed by atoms with Gasteiger partial charge in [0.15, 0.2) is 0 Å². The van der Waals surface area contributed by atoms with Crippen LogP contribution in [0.1, 0.15) is 51.0 Å². The van der Waals surface area contributed by atoms with Gasteiger partial charge in [0, 0.05) is 12.6 Å². The molecule has 0 heterocycles. The maximum Gasteiger partial charge on any atom is 0.238 e. The van der Waals surface area contributed by atoms with E-state index in [1.165, 1.54) is 38.5 Å². The molecule has 0 amide bonds. The van der Waals surface area contributed by atoms with Crippen LogP contribution < -0.4 is 10.5 Å². The first-order chi connectivity index (χ1) is 9.99. The van der Waals surface area contributed by atoms with E-state index in [4.69, 9.17) is 5.14 Å². The Morgan fingerprint density at radius 2 is 1.76 bits per heavy atom. The smallest absolute Gasteiger partial charge is 0.238 e. The lowest BCUT2D eigenvalue weighted by Crippen LogP contribution is -2.32. The van der Waals surface area contributed by atoms with Crippen LogP contribution in [-0.2, 0) is 16.6 Å². The van der Waals surface area contributed by atoms with E-state index in [1.807, 2.05) is 12.1 Å². The topological polar surface area (TPSA) is 72.2 Å². The van der Waals surface area contributed by atoms with Gasteiger partial charge >= 0.3 is 0 Å². The van der Waals surface area contributed by atoms with E-state index >= 15 is 0 Å². The summed E-state index contributed by atoms with van der Waals surface area (Å²) in [6.45, 7) is 3.05. The zero-order valence-corrected chi connectivity index (χ0v) is 13.5. The molecule has 3 N–H and O–H groups in total. The Bertz CT molecular complexity index is 532. The number of nitrogens with one attached hydrogen (secondary N) is 1. The van der Waals surface area contributed by atoms with Gasteiger partial charge in [-0.3, -0.25) is 0 Å². The van der Waals surface area contributed by atoms with Crippen molar-refractivity contribution in [3.63, 3.8) is 0 Å². The number of sulfonamides is 1. The van der Waals surface area contributed by atoms with Gasteiger partial charge in [-0.25, -0.2) is 13.6 Å². The highest BCUT2D eigenvalue weighted by Crippen LogP contribution is 2.27. The number of rotatable bonds is 6. The van der Waals surface area contributed by atoms with E-state index in [0.29, 0.717) is 6.04 Å². The van der Waals surface area contributed by atoms with Gasteiger partial charge in [-0.05, 0) is 49.3 Å². The van der Waals surface area contributed by atoms with Crippen LogP contribution in [0.15, 0.2) is 29.2 Å². The Morgan fingerprint density at radius 3 is 2.29 bits per heavy atom. The van der Waals surface area contributed by atoms with Crippen molar-refractivity contribution in [2.75, 3.05) is 0 Å². The summed E-state index contributed by atoms with van der Waals surface area (Å²) in [4.78, 5) is 0.173. The molecule has 21 heavy (non-hydrogen) atoms. The van der Waals surface area contributed by atoms with Crippen molar-refractivity contribution in [2.45, 2.75) is 62.9 Å². The molecule has 0 radical (unpaired) electrons. The monoisotopic (exact) mass is 310 g/mol. The summed E-state index contributed by atoms with van der Waals surface area (Å²) in [6, 6.07) is 7.40. The van der Waals surface area contributed by atoms with Gasteiger partial charge in [-0.1, -0.05) is 31.9 Å². The van der Waals surface area contributed by atoms with Crippen LogP contribution in [0, 0.1) is 5.92 Å². The minimum atomic E-state index is -3.59. The van der Waals surface area contributed by atoms with Crippen molar-refractivity contribution in [1.82, 2.24) is 5.32 Å². The SMILES string of the molecule is CCCC1CCC(NCc2ccc(S(N)(=O)=O)cc2)CC1. The summed E-state index contributed by atoms with van der Waals surface area (Å²) in [7, 11) is -3.59. The van der Waals surface area contributed by atoms with Crippen molar-refractivity contribution in [2.24, 2.45) is 11.1 Å². The van der Waals surface area contributed by atoms with Crippen LogP contribution in [0.3, 0.4) is 0 Å². The average molecular weight is 310 g/mol. The fourth-order valence-electron chi connectivity index (χ4n) is 3.12. The molecule has 1 saturated carbocycles. The van der Waals surface area contributed by atoms with E-state index in [2.05, 4.69) is 12.2 Å². The first-order valence-corrected chi connectivity index (χ1v) is 9.38. The maximum atomic E-state index is 11.2. The average Bonchev–Trinajstić information content (AvgIpc) is 2.46. The Morgan fingerprint density at radius 1 is 1.14 bits per heavy atom. The summed E-state index contributed by atoms with van der Waals surface area (Å²) >= 11 is 0. The second-order valence-electron chi connectivity index (χ2n) is 6.08. The Labute approximate surface area is 128 Å². The summed E-state index contributed by atoms with van der Waals surface area (Å²) < 4.78 is 22.4. The molecular formula is C16H26N2O2S. The summed E-state index contributed by atoms with van der Waals surface area (Å²) in [5.74, 6) is 0.919. The minimum absolute atomic E-state index is 0.173. The largest absolute Gasteiger partial charge is 0.310 e. The van der Waals surface area contributed by atoms with Crippen molar-refractivity contribution in [1.29, 1.82) is 0 Å². The third kappa shape index (κ3) is 5.09. The highest BCUT2D eigenvalue weighted by molar-refractivity contribution is 7.89. The van der Waals surface area contributed by atoms with Crippen LogP contribution in [0.25, 0.3) is 0 Å². The second-order valence-corrected chi connectivity index (χ2v) is 7.64. The van der Waals surface area contributed by atoms with Gasteiger partial charge in [0.25, 0.3) is 0 Å². The van der Waals surface area contributed by atoms with Crippen LogP contribution >= 0.6 is 0 Å². The van der Waals surface area contributed by atoms with E-state index in [1.54, 1.807) is 12.1 Å². The Kier molecular flexibility index (Phi) is 5.79. The molecule has 0 unspecified atom stereocenters. The molecule has 1 aromatic carbocycles. The standard InChI is InChI=1S/C16H26N2O2S/c1-2-3-13-4-8-15(9-5-13)18-12-14-6-10-16(11-7-14)21(17,19)20/h6-7,10-11,13,15,18H,2-5,8-9,12H2,1H3,(H2,17,19,20). The highest BCUT2D eigenvalue weighted by Gasteiger charge is 2.19. The van der Waals surface area contributed by atoms with Crippen molar-refractivity contribution < 1.29 is 8.42 Å². The van der Waals surface area contributed by atoms with Gasteiger partial charge in [0.1, 0.15) is 0 Å². The van der Waals surface area contributed by atoms with E-state index in [9.17, 15) is 8.42 Å². The number of hydrogen-bond acceptors (Lipinski definition) is 3. The lowest BCUT2D eigenvalue weighted by Gasteiger charge is -2.29. The number of benzene rings is 1. The summed E-state index contributed by atoms with van der Waals surface area (Å²) in [6.07, 6.45) is 7.81. The fraction of sp³-hybridized carbons (Fsp3) is 0.625. The van der Waals surface area contributed by atoms with E-state index < -0.39 is 10.0 Å². The number of primary sulfonamides is 1. The maximum absolute atomic E-state index is 11.2. The van der Waals surface area contributed by atoms with Crippen molar-refractivity contribution in [3.05, 3.63) is 29.8 Å². The molecule has 0 saturated heterocycles. The fourth-order valence-corrected chi connectivity index (χ4v) is 3.64. The zero-order chi connectivity index (χ0) is 15.3. The lowest BCUT2D eigenvalue weighted by atomic mass is 9.83. The van der Waals surface area contributed by atoms with Gasteiger partial charge in [0.05, 0.1) is 4.90 Å². The summed E-state index contributed by atoms with van der Waals surface area (Å²) in [5, 5.41) is 8.67. The molecule has 1 aliphatic carbocycles. The predicted molar refractivity (Wildman–Crippen MR) is 85.3 cm³/mol. The molecule has 1 fully saturated rings. The number of nitrogens with two attached hydrogens (primary N) is 1. The molecular weight excluding hydrogens is 284 g/mol. The molecule has 4 nitrogen and oxygen atoms in total. The predicted octanol–water partition coefficient (Wildman–Crippen LogP) is 2.78. The Balaban J connectivity index is 1.79. The van der Waals surface area contributed by atoms with Gasteiger partial charge in [-0.15, -0.1) is 0 Å². The third-order valence-corrected chi connectivity index (χ3v) is 5.32. The molecule has 0 aliphatic heterocycles. The van der Waals surface area contributed by atoms with Crippen LogP contribution in [0.4, 0.5) is 0 Å². The molecule has 0 aromatic heterocycles. The molecule has 1 aliphatic rings. The van der Waals surface area contributed by atoms with E-state index in [-0.39, 0.29) is 4.90 Å². The van der Waals surface area contributed by atoms with Gasteiger partial charge in [-0.2, -0.15) is 0 Å². The number of hydrogen-bond donors (Lipinski definition) is 2. The molecule has 0 spiro atoms. The van der Waals surface area contributed by atoms with Crippen molar-refractivity contribution in [3.8, 4) is 0 Å². The molecule has 0 bridgehead atoms. The van der Waals surface area contributed by atoms with Crippen LogP contribution in [-0.4, -0.2) is 14.5 Å². The van der Waals surface area contributed by atoms with Crippen LogP contribution in [0.5, 0.6) is 0 Å². The first-order valence-electron chi connectivity index (χ1n) is 7.84. The first kappa shape index (κ1) is 16.5. The normalized spacial score (nSPS) is 23.1. The Hall–Kier alpha value is -0.910. The molecule has 0 atom stereocenters. The molecule has 2 rings (SSSR count). The second kappa shape index (κ2) is 7.38. The minimum Gasteiger partial charge on any atom is -0.310 e. The van der Waals surface area contributed by atoms with Gasteiger partial charge < -0.3 is 5.32 Å². The third-order valence-electron chi connectivity index (χ3n) is 4.39. The van der Waals surface area contributed by atoms with Gasteiger partial charge in [0.2, 0.25) is 10.0 Å². The molecule has 1 aromatic rings. The molecule has 5 heteroatoms. The quantitative estimate of drug-likeness (QED) is 0.848. The lowest BCUT2D eigenvalue weighted by molar-refractivity contribution is 0.277. The zero-order valence-electron chi connectivity index (χ0n) is 12.7.